The van der Waals surface area contributed by atoms with Gasteiger partial charge >= 0.3 is 0 Å². The molecule has 0 radical (unpaired) electrons. The Hall–Kier alpha value is -1.09. The standard InChI is InChI=1S/C13H18IN3O2S/c1-3-4-5-15-13(20)17-16-8-9-6-10(14)12(18)11(7-9)19-2/h6-8,18H,3-5H2,1-2H3,(H2,15,17,20)/b16-8+. The number of methoxy groups -OCH3 is 1. The molecule has 7 heteroatoms. The second kappa shape index (κ2) is 8.96. The first kappa shape index (κ1) is 17.0. The van der Waals surface area contributed by atoms with Crippen LogP contribution < -0.4 is 15.5 Å². The third-order valence-corrected chi connectivity index (χ3v) is 3.52. The molecular weight excluding hydrogens is 389 g/mol. The summed E-state index contributed by atoms with van der Waals surface area (Å²) >= 11 is 7.11. The fraction of sp³-hybridized carbons (Fsp3) is 0.385. The first-order chi connectivity index (χ1) is 9.58. The SMILES string of the molecule is CCCCNC(=S)N/N=C/c1cc(I)c(O)c(OC)c1. The van der Waals surface area contributed by atoms with Crippen LogP contribution in [0.25, 0.3) is 0 Å². The Morgan fingerprint density at radius 1 is 1.55 bits per heavy atom. The number of nitrogens with one attached hydrogen (secondary N) is 2. The van der Waals surface area contributed by atoms with Crippen LogP contribution in [0.15, 0.2) is 17.2 Å². The summed E-state index contributed by atoms with van der Waals surface area (Å²) in [4.78, 5) is 0. The van der Waals surface area contributed by atoms with Gasteiger partial charge in [0, 0.05) is 6.54 Å². The van der Waals surface area contributed by atoms with Crippen molar-refractivity contribution in [3.63, 3.8) is 0 Å². The Morgan fingerprint density at radius 3 is 2.95 bits per heavy atom. The molecule has 1 rings (SSSR count). The van der Waals surface area contributed by atoms with E-state index in [2.05, 4.69) is 22.8 Å². The summed E-state index contributed by atoms with van der Waals surface area (Å²) < 4.78 is 5.79. The molecule has 0 amide bonds. The summed E-state index contributed by atoms with van der Waals surface area (Å²) in [6.45, 7) is 2.96. The number of aromatic hydroxyl groups is 1. The zero-order valence-corrected chi connectivity index (χ0v) is 14.4. The minimum absolute atomic E-state index is 0.134. The summed E-state index contributed by atoms with van der Waals surface area (Å²) in [5, 5.41) is 17.3. The predicted octanol–water partition coefficient (Wildman–Crippen LogP) is 2.60. The maximum atomic E-state index is 9.73. The van der Waals surface area contributed by atoms with Crippen molar-refractivity contribution in [2.24, 2.45) is 5.10 Å². The number of halogens is 1. The highest BCUT2D eigenvalue weighted by molar-refractivity contribution is 14.1. The van der Waals surface area contributed by atoms with Crippen molar-refractivity contribution in [1.29, 1.82) is 0 Å². The summed E-state index contributed by atoms with van der Waals surface area (Å²) in [6, 6.07) is 3.51. The van der Waals surface area contributed by atoms with Crippen LogP contribution in [-0.2, 0) is 0 Å². The molecule has 0 aliphatic rings. The molecule has 0 bridgehead atoms. The van der Waals surface area contributed by atoms with E-state index in [4.69, 9.17) is 17.0 Å². The van der Waals surface area contributed by atoms with Gasteiger partial charge in [0.25, 0.3) is 0 Å². The van der Waals surface area contributed by atoms with Gasteiger partial charge in [0.15, 0.2) is 16.6 Å². The van der Waals surface area contributed by atoms with Crippen molar-refractivity contribution >= 4 is 46.1 Å². The zero-order chi connectivity index (χ0) is 15.0. The van der Waals surface area contributed by atoms with E-state index < -0.39 is 0 Å². The molecule has 3 N–H and O–H groups in total. The van der Waals surface area contributed by atoms with E-state index in [0.29, 0.717) is 14.4 Å². The molecule has 5 nitrogen and oxygen atoms in total. The first-order valence-corrected chi connectivity index (χ1v) is 7.70. The van der Waals surface area contributed by atoms with E-state index in [0.717, 1.165) is 24.9 Å². The van der Waals surface area contributed by atoms with Crippen LogP contribution in [0, 0.1) is 3.57 Å². The van der Waals surface area contributed by atoms with Crippen LogP contribution in [0.5, 0.6) is 11.5 Å². The Balaban J connectivity index is 2.58. The highest BCUT2D eigenvalue weighted by Gasteiger charge is 2.07. The summed E-state index contributed by atoms with van der Waals surface area (Å²) in [5.74, 6) is 0.553. The quantitative estimate of drug-likeness (QED) is 0.223. The molecule has 0 fully saturated rings. The van der Waals surface area contributed by atoms with E-state index in [1.54, 1.807) is 18.3 Å². The molecule has 0 unspecified atom stereocenters. The van der Waals surface area contributed by atoms with E-state index in [1.165, 1.54) is 7.11 Å². The normalized spacial score (nSPS) is 10.6. The average Bonchev–Trinajstić information content (AvgIpc) is 2.42. The van der Waals surface area contributed by atoms with Gasteiger partial charge in [0.1, 0.15) is 0 Å². The number of hydrogen-bond donors (Lipinski definition) is 3. The number of thiocarbonyl (C=S) groups is 1. The lowest BCUT2D eigenvalue weighted by Crippen LogP contribution is -2.32. The zero-order valence-electron chi connectivity index (χ0n) is 11.4. The van der Waals surface area contributed by atoms with Crippen LogP contribution in [0.4, 0.5) is 0 Å². The lowest BCUT2D eigenvalue weighted by Gasteiger charge is -2.07. The van der Waals surface area contributed by atoms with E-state index in [-0.39, 0.29) is 5.75 Å². The second-order valence-corrected chi connectivity index (χ2v) is 5.60. The molecular formula is C13H18IN3O2S. The summed E-state index contributed by atoms with van der Waals surface area (Å²) in [7, 11) is 1.51. The van der Waals surface area contributed by atoms with Crippen LogP contribution in [0.3, 0.4) is 0 Å². The van der Waals surface area contributed by atoms with E-state index in [1.807, 2.05) is 22.6 Å². The lowest BCUT2D eigenvalue weighted by atomic mass is 10.2. The van der Waals surface area contributed by atoms with Crippen molar-refractivity contribution < 1.29 is 9.84 Å². The maximum Gasteiger partial charge on any atom is 0.186 e. The number of phenolic OH excluding ortho intramolecular Hbond substituents is 1. The third kappa shape index (κ3) is 5.49. The number of nitrogens with zero attached hydrogens (tertiary/aromatic N) is 1. The van der Waals surface area contributed by atoms with Crippen LogP contribution in [0.2, 0.25) is 0 Å². The maximum absolute atomic E-state index is 9.73. The van der Waals surface area contributed by atoms with Gasteiger partial charge in [-0.3, -0.25) is 5.43 Å². The van der Waals surface area contributed by atoms with Crippen molar-refractivity contribution in [2.45, 2.75) is 19.8 Å². The smallest absolute Gasteiger partial charge is 0.186 e. The Labute approximate surface area is 137 Å². The lowest BCUT2D eigenvalue weighted by molar-refractivity contribution is 0.371. The van der Waals surface area contributed by atoms with Gasteiger partial charge in [-0.15, -0.1) is 0 Å². The van der Waals surface area contributed by atoms with Gasteiger partial charge < -0.3 is 15.2 Å². The summed E-state index contributed by atoms with van der Waals surface area (Å²) in [5.41, 5.74) is 3.56. The third-order valence-electron chi connectivity index (χ3n) is 2.47. The fourth-order valence-corrected chi connectivity index (χ4v) is 2.19. The summed E-state index contributed by atoms with van der Waals surface area (Å²) in [6.07, 6.45) is 3.81. The molecule has 20 heavy (non-hydrogen) atoms. The van der Waals surface area contributed by atoms with Crippen molar-refractivity contribution in [1.82, 2.24) is 10.7 Å². The average molecular weight is 407 g/mol. The van der Waals surface area contributed by atoms with Crippen molar-refractivity contribution in [3.05, 3.63) is 21.3 Å². The van der Waals surface area contributed by atoms with E-state index >= 15 is 0 Å². The van der Waals surface area contributed by atoms with Crippen LogP contribution in [-0.4, -0.2) is 30.1 Å². The number of hydrazone groups is 1. The Bertz CT molecular complexity index is 495. The largest absolute Gasteiger partial charge is 0.504 e. The number of ether oxygens (including phenoxy) is 1. The van der Waals surface area contributed by atoms with Gasteiger partial charge in [0.05, 0.1) is 16.9 Å². The number of rotatable bonds is 6. The van der Waals surface area contributed by atoms with Gasteiger partial charge in [-0.1, -0.05) is 13.3 Å². The topological polar surface area (TPSA) is 65.9 Å². The first-order valence-electron chi connectivity index (χ1n) is 6.21. The number of benzene rings is 1. The molecule has 1 aromatic rings. The van der Waals surface area contributed by atoms with Crippen molar-refractivity contribution in [3.8, 4) is 11.5 Å². The number of phenols is 1. The molecule has 0 aromatic heterocycles. The van der Waals surface area contributed by atoms with Gasteiger partial charge in [-0.05, 0) is 58.9 Å². The predicted molar refractivity (Wildman–Crippen MR) is 93.6 cm³/mol. The number of hydrogen-bond acceptors (Lipinski definition) is 4. The second-order valence-electron chi connectivity index (χ2n) is 4.03. The van der Waals surface area contributed by atoms with Crippen LogP contribution in [0.1, 0.15) is 25.3 Å². The Morgan fingerprint density at radius 2 is 2.30 bits per heavy atom. The minimum Gasteiger partial charge on any atom is -0.504 e. The molecule has 1 aromatic carbocycles. The van der Waals surface area contributed by atoms with Gasteiger partial charge in [-0.25, -0.2) is 0 Å². The highest BCUT2D eigenvalue weighted by Crippen LogP contribution is 2.31. The van der Waals surface area contributed by atoms with Crippen LogP contribution >= 0.6 is 34.8 Å². The molecule has 0 atom stereocenters. The number of unbranched alkanes of at least 4 members (excludes halogenated alkanes) is 1. The molecule has 110 valence electrons. The molecule has 0 aliphatic carbocycles. The molecule has 0 saturated heterocycles. The van der Waals surface area contributed by atoms with Gasteiger partial charge in [0.2, 0.25) is 0 Å². The monoisotopic (exact) mass is 407 g/mol. The molecule has 0 aliphatic heterocycles. The Kier molecular flexibility index (Phi) is 7.60. The minimum atomic E-state index is 0.134. The molecule has 0 saturated carbocycles. The molecule has 0 spiro atoms. The highest BCUT2D eigenvalue weighted by atomic mass is 127. The fourth-order valence-electron chi connectivity index (χ4n) is 1.41. The van der Waals surface area contributed by atoms with Gasteiger partial charge in [-0.2, -0.15) is 5.10 Å². The van der Waals surface area contributed by atoms with Crippen molar-refractivity contribution in [2.75, 3.05) is 13.7 Å². The van der Waals surface area contributed by atoms with E-state index in [9.17, 15) is 5.11 Å². The molecule has 0 heterocycles.